The van der Waals surface area contributed by atoms with Gasteiger partial charge in [0, 0.05) is 36.7 Å². The Morgan fingerprint density at radius 1 is 1.09 bits per heavy atom. The maximum Gasteiger partial charge on any atom is 0.164 e. The Morgan fingerprint density at radius 2 is 1.95 bits per heavy atom. The lowest BCUT2D eigenvalue weighted by atomic mass is 10.2. The molecule has 0 amide bonds. The molecule has 0 N–H and O–H groups in total. The average Bonchev–Trinajstić information content (AvgIpc) is 3.15. The third kappa shape index (κ3) is 2.51. The van der Waals surface area contributed by atoms with Crippen molar-refractivity contribution in [3.05, 3.63) is 46.2 Å². The van der Waals surface area contributed by atoms with Crippen molar-refractivity contribution in [3.63, 3.8) is 0 Å². The predicted molar refractivity (Wildman–Crippen MR) is 84.5 cm³/mol. The van der Waals surface area contributed by atoms with Gasteiger partial charge in [-0.25, -0.2) is 0 Å². The average molecular weight is 333 g/mol. The largest absolute Gasteiger partial charge is 0.309 e. The molecule has 0 spiro atoms. The van der Waals surface area contributed by atoms with E-state index < -0.39 is 0 Å². The Balaban J connectivity index is 1.56. The fraction of sp³-hybridized carbons (Fsp3) is 0.286. The van der Waals surface area contributed by atoms with Gasteiger partial charge < -0.3 is 4.57 Å². The van der Waals surface area contributed by atoms with Crippen molar-refractivity contribution in [2.75, 3.05) is 6.54 Å². The van der Waals surface area contributed by atoms with Crippen molar-refractivity contribution in [2.45, 2.75) is 19.6 Å². The van der Waals surface area contributed by atoms with Crippen LogP contribution in [0.1, 0.15) is 11.5 Å². The zero-order chi connectivity index (χ0) is 14.9. The van der Waals surface area contributed by atoms with Gasteiger partial charge >= 0.3 is 0 Å². The SMILES string of the molecule is Clc1snnc1CN1CCn2c(nnc2-c2ccccc2)C1. The zero-order valence-electron chi connectivity index (χ0n) is 11.7. The number of hydrogen-bond donors (Lipinski definition) is 0. The van der Waals surface area contributed by atoms with Crippen molar-refractivity contribution in [1.82, 2.24) is 29.3 Å². The molecule has 0 bridgehead atoms. The summed E-state index contributed by atoms with van der Waals surface area (Å²) < 4.78 is 6.73. The van der Waals surface area contributed by atoms with E-state index in [2.05, 4.69) is 41.4 Å². The molecule has 22 heavy (non-hydrogen) atoms. The van der Waals surface area contributed by atoms with Gasteiger partial charge in [-0.1, -0.05) is 46.4 Å². The lowest BCUT2D eigenvalue weighted by Gasteiger charge is -2.26. The minimum atomic E-state index is 0.664. The van der Waals surface area contributed by atoms with E-state index >= 15 is 0 Å². The molecule has 0 saturated carbocycles. The minimum Gasteiger partial charge on any atom is -0.309 e. The molecule has 2 aromatic heterocycles. The molecule has 0 aliphatic carbocycles. The molecule has 112 valence electrons. The molecule has 0 radical (unpaired) electrons. The van der Waals surface area contributed by atoms with Crippen LogP contribution in [-0.2, 0) is 19.6 Å². The number of hydrogen-bond acceptors (Lipinski definition) is 6. The number of fused-ring (bicyclic) bond motifs is 1. The summed E-state index contributed by atoms with van der Waals surface area (Å²) in [4.78, 5) is 2.27. The molecule has 0 fully saturated rings. The Morgan fingerprint density at radius 3 is 2.73 bits per heavy atom. The third-order valence-corrected chi connectivity index (χ3v) is 4.73. The quantitative estimate of drug-likeness (QED) is 0.737. The number of aromatic nitrogens is 5. The van der Waals surface area contributed by atoms with Crippen LogP contribution >= 0.6 is 23.1 Å². The van der Waals surface area contributed by atoms with Gasteiger partial charge in [0.05, 0.1) is 6.54 Å². The van der Waals surface area contributed by atoms with Crippen LogP contribution in [-0.4, -0.2) is 35.8 Å². The first-order chi connectivity index (χ1) is 10.8. The van der Waals surface area contributed by atoms with E-state index in [0.717, 1.165) is 42.5 Å². The zero-order valence-corrected chi connectivity index (χ0v) is 13.3. The highest BCUT2D eigenvalue weighted by molar-refractivity contribution is 7.10. The van der Waals surface area contributed by atoms with Crippen LogP contribution in [0.25, 0.3) is 11.4 Å². The van der Waals surface area contributed by atoms with Crippen molar-refractivity contribution in [3.8, 4) is 11.4 Å². The first kappa shape index (κ1) is 13.8. The lowest BCUT2D eigenvalue weighted by Crippen LogP contribution is -2.33. The second-order valence-electron chi connectivity index (χ2n) is 5.16. The van der Waals surface area contributed by atoms with Gasteiger partial charge in [-0.2, -0.15) is 0 Å². The van der Waals surface area contributed by atoms with E-state index in [1.807, 2.05) is 18.2 Å². The summed E-state index contributed by atoms with van der Waals surface area (Å²) in [6.07, 6.45) is 0. The summed E-state index contributed by atoms with van der Waals surface area (Å²) in [6.45, 7) is 3.22. The lowest BCUT2D eigenvalue weighted by molar-refractivity contribution is 0.207. The highest BCUT2D eigenvalue weighted by Crippen LogP contribution is 2.24. The monoisotopic (exact) mass is 332 g/mol. The number of benzene rings is 1. The summed E-state index contributed by atoms with van der Waals surface area (Å²) in [5.74, 6) is 1.91. The van der Waals surface area contributed by atoms with Crippen LogP contribution in [0.15, 0.2) is 30.3 Å². The van der Waals surface area contributed by atoms with E-state index in [0.29, 0.717) is 10.9 Å². The van der Waals surface area contributed by atoms with E-state index in [4.69, 9.17) is 11.6 Å². The van der Waals surface area contributed by atoms with Crippen LogP contribution in [0.4, 0.5) is 0 Å². The molecule has 0 atom stereocenters. The summed E-state index contributed by atoms with van der Waals surface area (Å²) in [5.41, 5.74) is 1.93. The second kappa shape index (κ2) is 5.75. The maximum absolute atomic E-state index is 6.08. The smallest absolute Gasteiger partial charge is 0.164 e. The van der Waals surface area contributed by atoms with Crippen molar-refractivity contribution < 1.29 is 0 Å². The molecule has 0 saturated heterocycles. The van der Waals surface area contributed by atoms with Gasteiger partial charge in [0.2, 0.25) is 0 Å². The number of nitrogens with zero attached hydrogens (tertiary/aromatic N) is 6. The van der Waals surface area contributed by atoms with Gasteiger partial charge in [-0.15, -0.1) is 15.3 Å². The van der Waals surface area contributed by atoms with Crippen LogP contribution in [0.5, 0.6) is 0 Å². The minimum absolute atomic E-state index is 0.664. The molecule has 4 rings (SSSR count). The first-order valence-corrected chi connectivity index (χ1v) is 8.13. The number of rotatable bonds is 3. The third-order valence-electron chi connectivity index (χ3n) is 3.75. The normalized spacial score (nSPS) is 15.0. The van der Waals surface area contributed by atoms with Crippen LogP contribution < -0.4 is 0 Å². The fourth-order valence-electron chi connectivity index (χ4n) is 2.65. The Labute approximate surface area is 136 Å². The van der Waals surface area contributed by atoms with E-state index in [-0.39, 0.29) is 0 Å². The van der Waals surface area contributed by atoms with E-state index in [9.17, 15) is 0 Å². The maximum atomic E-state index is 6.08. The molecule has 0 unspecified atom stereocenters. The molecule has 1 aliphatic heterocycles. The van der Waals surface area contributed by atoms with E-state index in [1.54, 1.807) is 0 Å². The Hall–Kier alpha value is -1.83. The molecular formula is C14H13ClN6S. The van der Waals surface area contributed by atoms with Crippen LogP contribution in [0.3, 0.4) is 0 Å². The molecule has 1 aliphatic rings. The first-order valence-electron chi connectivity index (χ1n) is 6.98. The summed E-state index contributed by atoms with van der Waals surface area (Å²) in [7, 11) is 0. The molecule has 3 heterocycles. The van der Waals surface area contributed by atoms with Crippen LogP contribution in [0, 0.1) is 0 Å². The molecule has 8 heteroatoms. The predicted octanol–water partition coefficient (Wildman–Crippen LogP) is 2.47. The van der Waals surface area contributed by atoms with Crippen LogP contribution in [0.2, 0.25) is 4.34 Å². The summed E-state index contributed by atoms with van der Waals surface area (Å²) in [5, 5.41) is 12.8. The van der Waals surface area contributed by atoms with Gasteiger partial charge in [0.25, 0.3) is 0 Å². The van der Waals surface area contributed by atoms with Crippen molar-refractivity contribution in [1.29, 1.82) is 0 Å². The fourth-order valence-corrected chi connectivity index (χ4v) is 3.26. The highest BCUT2D eigenvalue weighted by Gasteiger charge is 2.23. The molecular weight excluding hydrogens is 320 g/mol. The van der Waals surface area contributed by atoms with Gasteiger partial charge in [0.1, 0.15) is 15.9 Å². The molecule has 3 aromatic rings. The molecule has 6 nitrogen and oxygen atoms in total. The van der Waals surface area contributed by atoms with E-state index in [1.165, 1.54) is 11.5 Å². The standard InChI is InChI=1S/C14H13ClN6S/c15-13-11(16-19-22-13)8-20-6-7-21-12(9-20)17-18-14(21)10-4-2-1-3-5-10/h1-5H,6-9H2. The topological polar surface area (TPSA) is 59.7 Å². The van der Waals surface area contributed by atoms with Gasteiger partial charge in [0.15, 0.2) is 5.82 Å². The highest BCUT2D eigenvalue weighted by atomic mass is 35.5. The molecule has 1 aromatic carbocycles. The number of halogens is 1. The second-order valence-corrected chi connectivity index (χ2v) is 6.52. The van der Waals surface area contributed by atoms with Gasteiger partial charge in [-0.05, 0) is 0 Å². The van der Waals surface area contributed by atoms with Crippen molar-refractivity contribution in [2.24, 2.45) is 0 Å². The Kier molecular flexibility index (Phi) is 3.61. The Bertz CT molecular complexity index is 784. The summed E-state index contributed by atoms with van der Waals surface area (Å²) >= 11 is 7.30. The summed E-state index contributed by atoms with van der Waals surface area (Å²) in [6, 6.07) is 10.2. The van der Waals surface area contributed by atoms with Gasteiger partial charge in [-0.3, -0.25) is 4.90 Å². The van der Waals surface area contributed by atoms with Crippen molar-refractivity contribution >= 4 is 23.1 Å².